The Bertz CT molecular complexity index is 774. The normalized spacial score (nSPS) is 20.5. The van der Waals surface area contributed by atoms with E-state index in [1.807, 2.05) is 6.07 Å². The number of anilines is 1. The van der Waals surface area contributed by atoms with E-state index >= 15 is 0 Å². The van der Waals surface area contributed by atoms with E-state index < -0.39 is 0 Å². The van der Waals surface area contributed by atoms with E-state index in [9.17, 15) is 4.39 Å². The summed E-state index contributed by atoms with van der Waals surface area (Å²) in [6.45, 7) is 3.00. The van der Waals surface area contributed by atoms with Crippen molar-refractivity contribution >= 4 is 17.3 Å². The van der Waals surface area contributed by atoms with E-state index in [0.717, 1.165) is 31.6 Å². The van der Waals surface area contributed by atoms with Gasteiger partial charge >= 0.3 is 0 Å². The van der Waals surface area contributed by atoms with Gasteiger partial charge in [0.2, 0.25) is 0 Å². The minimum atomic E-state index is -0.351. The van der Waals surface area contributed by atoms with Crippen molar-refractivity contribution in [3.8, 4) is 0 Å². The van der Waals surface area contributed by atoms with Crippen LogP contribution in [-0.4, -0.2) is 32.1 Å². The summed E-state index contributed by atoms with van der Waals surface area (Å²) in [5, 5.41) is 0.207. The minimum absolute atomic E-state index is 0.207. The van der Waals surface area contributed by atoms with Crippen LogP contribution < -0.4 is 4.90 Å². The summed E-state index contributed by atoms with van der Waals surface area (Å²) in [4.78, 5) is 4.68. The Morgan fingerprint density at radius 2 is 1.96 bits per heavy atom. The summed E-state index contributed by atoms with van der Waals surface area (Å²) < 4.78 is 13.5. The largest absolute Gasteiger partial charge is 0.374 e. The van der Waals surface area contributed by atoms with Gasteiger partial charge in [-0.2, -0.15) is 0 Å². The fourth-order valence-electron chi connectivity index (χ4n) is 4.01. The molecule has 0 aromatic heterocycles. The summed E-state index contributed by atoms with van der Waals surface area (Å²) >= 11 is 6.01. The third-order valence-corrected chi connectivity index (χ3v) is 5.48. The molecule has 120 valence electrons. The second kappa shape index (κ2) is 5.50. The maximum Gasteiger partial charge on any atom is 0.141 e. The summed E-state index contributed by atoms with van der Waals surface area (Å²) in [6, 6.07) is 9.63. The minimum Gasteiger partial charge on any atom is -0.374 e. The molecule has 0 fully saturated rings. The lowest BCUT2D eigenvalue weighted by Gasteiger charge is -2.34. The first-order chi connectivity index (χ1) is 11.0. The Kier molecular flexibility index (Phi) is 3.58. The highest BCUT2D eigenvalue weighted by molar-refractivity contribution is 6.30. The Hall–Kier alpha value is -1.58. The van der Waals surface area contributed by atoms with Crippen molar-refractivity contribution in [3.05, 3.63) is 63.4 Å². The van der Waals surface area contributed by atoms with Crippen molar-refractivity contribution < 1.29 is 4.39 Å². The van der Waals surface area contributed by atoms with Gasteiger partial charge in [0.1, 0.15) is 5.82 Å². The number of rotatable bonds is 1. The highest BCUT2D eigenvalue weighted by Crippen LogP contribution is 2.40. The van der Waals surface area contributed by atoms with Crippen LogP contribution in [0.3, 0.4) is 0 Å². The van der Waals surface area contributed by atoms with Gasteiger partial charge in [-0.05, 0) is 53.9 Å². The Balaban J connectivity index is 1.84. The van der Waals surface area contributed by atoms with Gasteiger partial charge in [0.25, 0.3) is 0 Å². The molecule has 0 aliphatic carbocycles. The van der Waals surface area contributed by atoms with Crippen LogP contribution in [0.25, 0.3) is 0 Å². The molecule has 0 radical (unpaired) electrons. The van der Waals surface area contributed by atoms with Crippen LogP contribution in [-0.2, 0) is 13.0 Å². The summed E-state index contributed by atoms with van der Waals surface area (Å²) in [5.74, 6) is -0.103. The van der Waals surface area contributed by atoms with Crippen molar-refractivity contribution in [1.82, 2.24) is 4.90 Å². The van der Waals surface area contributed by atoms with Gasteiger partial charge in [-0.1, -0.05) is 23.7 Å². The van der Waals surface area contributed by atoms with E-state index in [0.29, 0.717) is 0 Å². The molecule has 0 N–H and O–H groups in total. The molecule has 0 amide bonds. The van der Waals surface area contributed by atoms with Crippen LogP contribution in [0, 0.1) is 5.82 Å². The first-order valence-electron chi connectivity index (χ1n) is 8.04. The maximum absolute atomic E-state index is 13.5. The first kappa shape index (κ1) is 15.0. The Labute approximate surface area is 141 Å². The monoisotopic (exact) mass is 330 g/mol. The van der Waals surface area contributed by atoms with E-state index in [4.69, 9.17) is 11.6 Å². The van der Waals surface area contributed by atoms with Gasteiger partial charge < -0.3 is 9.80 Å². The van der Waals surface area contributed by atoms with Crippen LogP contribution in [0.4, 0.5) is 10.1 Å². The fraction of sp³-hybridized carbons (Fsp3) is 0.368. The molecule has 0 spiro atoms. The average Bonchev–Trinajstić information content (AvgIpc) is 2.91. The summed E-state index contributed by atoms with van der Waals surface area (Å²) in [6.07, 6.45) is 1.11. The number of benzene rings is 2. The Morgan fingerprint density at radius 1 is 1.13 bits per heavy atom. The topological polar surface area (TPSA) is 6.48 Å². The second-order valence-electron chi connectivity index (χ2n) is 6.73. The molecule has 4 rings (SSSR count). The zero-order valence-corrected chi connectivity index (χ0v) is 14.2. The number of fused-ring (bicyclic) bond motifs is 3. The highest BCUT2D eigenvalue weighted by atomic mass is 35.5. The number of hydrogen-bond acceptors (Lipinski definition) is 2. The molecule has 2 aliphatic heterocycles. The molecule has 4 heteroatoms. The lowest BCUT2D eigenvalue weighted by molar-refractivity contribution is 0.294. The second-order valence-corrected chi connectivity index (χ2v) is 7.13. The average molecular weight is 331 g/mol. The third kappa shape index (κ3) is 2.43. The van der Waals surface area contributed by atoms with Crippen LogP contribution in [0.1, 0.15) is 28.2 Å². The lowest BCUT2D eigenvalue weighted by Crippen LogP contribution is -2.31. The molecule has 2 aromatic rings. The summed E-state index contributed by atoms with van der Waals surface area (Å²) in [5.41, 5.74) is 6.76. The quantitative estimate of drug-likeness (QED) is 0.778. The van der Waals surface area contributed by atoms with Crippen molar-refractivity contribution in [3.63, 3.8) is 0 Å². The van der Waals surface area contributed by atoms with Gasteiger partial charge in [-0.3, -0.25) is 0 Å². The molecule has 1 atom stereocenters. The van der Waals surface area contributed by atoms with Gasteiger partial charge in [-0.25, -0.2) is 4.39 Å². The number of halogens is 2. The lowest BCUT2D eigenvalue weighted by atomic mass is 9.82. The summed E-state index contributed by atoms with van der Waals surface area (Å²) in [7, 11) is 4.31. The number of nitrogens with zero attached hydrogens (tertiary/aromatic N) is 2. The highest BCUT2D eigenvalue weighted by Gasteiger charge is 2.30. The van der Waals surface area contributed by atoms with E-state index in [-0.39, 0.29) is 16.8 Å². The van der Waals surface area contributed by atoms with Crippen molar-refractivity contribution in [1.29, 1.82) is 0 Å². The molecule has 2 aliphatic rings. The fourth-order valence-corrected chi connectivity index (χ4v) is 4.20. The Morgan fingerprint density at radius 3 is 2.74 bits per heavy atom. The zero-order chi connectivity index (χ0) is 16.1. The molecule has 0 saturated heterocycles. The standard InChI is InChI=1S/C19H20ClFN2/c1-22-10-15(12-3-5-18(21)17(20)9-12)13-4-6-19-14(16(13)11-22)7-8-23(19)2/h3-6,9,15H,7-8,10-11H2,1-2H3. The van der Waals surface area contributed by atoms with Crippen LogP contribution in [0.5, 0.6) is 0 Å². The third-order valence-electron chi connectivity index (χ3n) is 5.19. The molecule has 2 aromatic carbocycles. The van der Waals surface area contributed by atoms with Crippen molar-refractivity contribution in [2.24, 2.45) is 0 Å². The van der Waals surface area contributed by atoms with Gasteiger partial charge in [0.05, 0.1) is 5.02 Å². The van der Waals surface area contributed by atoms with Crippen LogP contribution >= 0.6 is 11.6 Å². The van der Waals surface area contributed by atoms with E-state index in [2.05, 4.69) is 36.0 Å². The molecule has 2 nitrogen and oxygen atoms in total. The van der Waals surface area contributed by atoms with E-state index in [1.165, 1.54) is 28.4 Å². The van der Waals surface area contributed by atoms with Gasteiger partial charge in [-0.15, -0.1) is 0 Å². The number of hydrogen-bond donors (Lipinski definition) is 0. The smallest absolute Gasteiger partial charge is 0.141 e. The molecule has 0 saturated carbocycles. The first-order valence-corrected chi connectivity index (χ1v) is 8.41. The molecule has 23 heavy (non-hydrogen) atoms. The van der Waals surface area contributed by atoms with Crippen molar-refractivity contribution in [2.75, 3.05) is 32.1 Å². The molecular weight excluding hydrogens is 311 g/mol. The predicted molar refractivity (Wildman–Crippen MR) is 93.0 cm³/mol. The SMILES string of the molecule is CN1Cc2c(ccc3c2CCN3C)C(c2ccc(F)c(Cl)c2)C1. The van der Waals surface area contributed by atoms with Crippen molar-refractivity contribution in [2.45, 2.75) is 18.9 Å². The van der Waals surface area contributed by atoms with Gasteiger partial charge in [0, 0.05) is 38.3 Å². The molecular formula is C19H20ClFN2. The number of likely N-dealkylation sites (N-methyl/N-ethyl adjacent to an activating group) is 2. The van der Waals surface area contributed by atoms with Gasteiger partial charge in [0.15, 0.2) is 0 Å². The van der Waals surface area contributed by atoms with Crippen LogP contribution in [0.15, 0.2) is 30.3 Å². The molecule has 0 bridgehead atoms. The predicted octanol–water partition coefficient (Wildman–Crippen LogP) is 4.05. The molecule has 1 unspecified atom stereocenters. The molecule has 2 heterocycles. The maximum atomic E-state index is 13.5. The van der Waals surface area contributed by atoms with E-state index in [1.54, 1.807) is 6.07 Å². The zero-order valence-electron chi connectivity index (χ0n) is 13.4. The van der Waals surface area contributed by atoms with Crippen LogP contribution in [0.2, 0.25) is 5.02 Å².